The van der Waals surface area contributed by atoms with E-state index in [1.165, 1.54) is 11.0 Å². The van der Waals surface area contributed by atoms with Crippen molar-refractivity contribution in [1.29, 1.82) is 0 Å². The van der Waals surface area contributed by atoms with Gasteiger partial charge in [0.25, 0.3) is 0 Å². The third-order valence-electron chi connectivity index (χ3n) is 4.94. The largest absolute Gasteiger partial charge is 0.616 e. The maximum absolute atomic E-state index is 14.6. The molecule has 0 radical (unpaired) electrons. The van der Waals surface area contributed by atoms with Crippen LogP contribution in [0.2, 0.25) is 0 Å². The zero-order valence-electron chi connectivity index (χ0n) is 15.3. The molecule has 2 aliphatic rings. The van der Waals surface area contributed by atoms with E-state index in [4.69, 9.17) is 9.47 Å². The average molecular weight is 397 g/mol. The summed E-state index contributed by atoms with van der Waals surface area (Å²) in [5.74, 6) is 0.250. The zero-order valence-corrected chi connectivity index (χ0v) is 16.1. The lowest BCUT2D eigenvalue weighted by atomic mass is 9.93. The average Bonchev–Trinajstić information content (AvgIpc) is 3.04. The van der Waals surface area contributed by atoms with Gasteiger partial charge in [-0.2, -0.15) is 0 Å². The summed E-state index contributed by atoms with van der Waals surface area (Å²) in [6.45, 7) is 2.28. The number of cyclic esters (lactones) is 1. The van der Waals surface area contributed by atoms with E-state index in [2.05, 4.69) is 0 Å². The molecule has 3 rings (SSSR count). The van der Waals surface area contributed by atoms with Crippen molar-refractivity contribution in [2.75, 3.05) is 29.6 Å². The van der Waals surface area contributed by atoms with Gasteiger partial charge in [0.2, 0.25) is 6.10 Å². The molecule has 0 bridgehead atoms. The molecule has 0 saturated carbocycles. The second kappa shape index (κ2) is 8.93. The highest BCUT2D eigenvalue weighted by atomic mass is 32.2. The van der Waals surface area contributed by atoms with Crippen LogP contribution < -0.4 is 4.90 Å². The molecule has 0 unspecified atom stereocenters. The monoisotopic (exact) mass is 397 g/mol. The molecule has 2 aliphatic heterocycles. The molecule has 1 atom stereocenters. The summed E-state index contributed by atoms with van der Waals surface area (Å²) in [4.78, 5) is 25.3. The van der Waals surface area contributed by atoms with E-state index in [9.17, 15) is 18.5 Å². The highest BCUT2D eigenvalue weighted by Gasteiger charge is 2.38. The molecule has 0 spiro atoms. The smallest absolute Gasteiger partial charge is 0.415 e. The third-order valence-corrected chi connectivity index (χ3v) is 6.32. The van der Waals surface area contributed by atoms with Crippen molar-refractivity contribution in [2.24, 2.45) is 0 Å². The van der Waals surface area contributed by atoms with Crippen LogP contribution in [-0.4, -0.2) is 47.4 Å². The Balaban J connectivity index is 1.65. The summed E-state index contributed by atoms with van der Waals surface area (Å²) in [5, 5.41) is 0. The predicted octanol–water partition coefficient (Wildman–Crippen LogP) is 3.12. The number of rotatable bonds is 6. The fourth-order valence-electron chi connectivity index (χ4n) is 3.33. The molecule has 2 heterocycles. The van der Waals surface area contributed by atoms with Crippen LogP contribution in [-0.2, 0) is 25.4 Å². The molecule has 148 valence electrons. The molecule has 6 nitrogen and oxygen atoms in total. The van der Waals surface area contributed by atoms with Gasteiger partial charge in [0, 0.05) is 0 Å². The van der Waals surface area contributed by atoms with Gasteiger partial charge in [-0.3, -0.25) is 4.90 Å². The lowest BCUT2D eigenvalue weighted by Crippen LogP contribution is -2.29. The minimum atomic E-state index is -0.995. The first-order valence-corrected chi connectivity index (χ1v) is 10.8. The summed E-state index contributed by atoms with van der Waals surface area (Å²) >= 11 is -0.800. The SMILES string of the molecule is CCCCOC(=O)[C@H]1CN(c2ccc([C@H]3CC[S@+]([O-])CC3)c(F)c2)C(=O)O1. The Morgan fingerprint density at radius 1 is 1.41 bits per heavy atom. The van der Waals surface area contributed by atoms with Gasteiger partial charge in [0.1, 0.15) is 17.3 Å². The first-order chi connectivity index (χ1) is 13.0. The lowest BCUT2D eigenvalue weighted by Gasteiger charge is -2.25. The van der Waals surface area contributed by atoms with Crippen LogP contribution in [0.15, 0.2) is 18.2 Å². The Kier molecular flexibility index (Phi) is 6.59. The fourth-order valence-corrected chi connectivity index (χ4v) is 4.63. The van der Waals surface area contributed by atoms with Crippen molar-refractivity contribution in [2.45, 2.75) is 44.6 Å². The molecule has 0 N–H and O–H groups in total. The van der Waals surface area contributed by atoms with E-state index in [1.54, 1.807) is 12.1 Å². The number of carbonyl (C=O) groups excluding carboxylic acids is 2. The van der Waals surface area contributed by atoms with Crippen LogP contribution >= 0.6 is 0 Å². The van der Waals surface area contributed by atoms with Crippen LogP contribution in [0.5, 0.6) is 0 Å². The number of hydrogen-bond donors (Lipinski definition) is 0. The first kappa shape index (κ1) is 19.9. The summed E-state index contributed by atoms with van der Waals surface area (Å²) in [6.07, 6.45) is 1.35. The van der Waals surface area contributed by atoms with Gasteiger partial charge in [-0.05, 0) is 42.9 Å². The fraction of sp³-hybridized carbons (Fsp3) is 0.579. The van der Waals surface area contributed by atoms with E-state index < -0.39 is 35.2 Å². The van der Waals surface area contributed by atoms with Crippen LogP contribution in [0.1, 0.15) is 44.1 Å². The molecular weight excluding hydrogens is 373 g/mol. The Bertz CT molecular complexity index is 693. The Morgan fingerprint density at radius 3 is 2.81 bits per heavy atom. The molecule has 1 aromatic rings. The summed E-state index contributed by atoms with van der Waals surface area (Å²) in [6, 6.07) is 4.63. The summed E-state index contributed by atoms with van der Waals surface area (Å²) in [5.41, 5.74) is 0.933. The maximum atomic E-state index is 14.6. The van der Waals surface area contributed by atoms with Crippen molar-refractivity contribution in [3.63, 3.8) is 0 Å². The van der Waals surface area contributed by atoms with E-state index in [0.717, 1.165) is 12.8 Å². The number of esters is 1. The van der Waals surface area contributed by atoms with Crippen molar-refractivity contribution in [1.82, 2.24) is 0 Å². The molecule has 2 fully saturated rings. The van der Waals surface area contributed by atoms with Gasteiger partial charge in [-0.1, -0.05) is 30.6 Å². The number of anilines is 1. The third kappa shape index (κ3) is 4.73. The van der Waals surface area contributed by atoms with E-state index in [0.29, 0.717) is 42.2 Å². The number of hydrogen-bond acceptors (Lipinski definition) is 5. The highest BCUT2D eigenvalue weighted by Crippen LogP contribution is 2.33. The van der Waals surface area contributed by atoms with Crippen LogP contribution in [0.4, 0.5) is 14.9 Å². The van der Waals surface area contributed by atoms with Gasteiger partial charge in [-0.15, -0.1) is 0 Å². The van der Waals surface area contributed by atoms with Gasteiger partial charge in [0.05, 0.1) is 18.8 Å². The molecule has 1 amide bonds. The van der Waals surface area contributed by atoms with Crippen molar-refractivity contribution < 1.29 is 28.0 Å². The number of benzene rings is 1. The van der Waals surface area contributed by atoms with Gasteiger partial charge in [-0.25, -0.2) is 14.0 Å². The normalized spacial score (nSPS) is 25.4. The Labute approximate surface area is 161 Å². The number of ether oxygens (including phenoxy) is 2. The quantitative estimate of drug-likeness (QED) is 0.419. The topological polar surface area (TPSA) is 78.9 Å². The summed E-state index contributed by atoms with van der Waals surface area (Å²) in [7, 11) is 0. The number of carbonyl (C=O) groups is 2. The van der Waals surface area contributed by atoms with E-state index >= 15 is 0 Å². The van der Waals surface area contributed by atoms with Crippen molar-refractivity contribution in [3.8, 4) is 0 Å². The number of amides is 1. The number of unbranched alkanes of at least 4 members (excludes halogenated alkanes) is 1. The predicted molar refractivity (Wildman–Crippen MR) is 99.7 cm³/mol. The second-order valence-electron chi connectivity index (χ2n) is 6.83. The molecule has 2 saturated heterocycles. The molecule has 0 aliphatic carbocycles. The second-order valence-corrected chi connectivity index (χ2v) is 8.53. The highest BCUT2D eigenvalue weighted by molar-refractivity contribution is 7.91. The lowest BCUT2D eigenvalue weighted by molar-refractivity contribution is -0.151. The molecule has 27 heavy (non-hydrogen) atoms. The van der Waals surface area contributed by atoms with Gasteiger partial charge >= 0.3 is 12.1 Å². The van der Waals surface area contributed by atoms with Crippen LogP contribution in [0, 0.1) is 5.82 Å². The summed E-state index contributed by atoms with van der Waals surface area (Å²) < 4.78 is 36.3. The molecule has 0 aromatic heterocycles. The van der Waals surface area contributed by atoms with Gasteiger partial charge < -0.3 is 14.0 Å². The zero-order chi connectivity index (χ0) is 19.4. The standard InChI is InChI=1S/C19H24FNO5S/c1-2-3-8-25-18(22)17-12-21(19(23)26-17)14-4-5-15(16(20)11-14)13-6-9-27(24)10-7-13/h4-5,11,13,17H,2-3,6-10,12H2,1H3/t13-,17-,27-/m1/s1. The minimum absolute atomic E-state index is 0.00495. The molecule has 8 heteroatoms. The van der Waals surface area contributed by atoms with Crippen LogP contribution in [0.25, 0.3) is 0 Å². The maximum Gasteiger partial charge on any atom is 0.415 e. The minimum Gasteiger partial charge on any atom is -0.616 e. The number of halogens is 1. The van der Waals surface area contributed by atoms with E-state index in [1.807, 2.05) is 6.92 Å². The molecular formula is C19H24FNO5S. The Hall–Kier alpha value is -1.80. The van der Waals surface area contributed by atoms with E-state index in [-0.39, 0.29) is 12.5 Å². The first-order valence-electron chi connectivity index (χ1n) is 9.28. The van der Waals surface area contributed by atoms with Crippen molar-refractivity contribution >= 4 is 28.9 Å². The Morgan fingerprint density at radius 2 is 2.15 bits per heavy atom. The van der Waals surface area contributed by atoms with Gasteiger partial charge in [0.15, 0.2) is 0 Å². The van der Waals surface area contributed by atoms with Crippen molar-refractivity contribution in [3.05, 3.63) is 29.6 Å². The van der Waals surface area contributed by atoms with Crippen LogP contribution in [0.3, 0.4) is 0 Å². The number of nitrogens with zero attached hydrogens (tertiary/aromatic N) is 1. The molecule has 1 aromatic carbocycles.